The molecule has 0 spiro atoms. The molecule has 1 saturated carbocycles. The molecule has 0 unspecified atom stereocenters. The van der Waals surface area contributed by atoms with Gasteiger partial charge in [0.05, 0.1) is 5.92 Å². The lowest BCUT2D eigenvalue weighted by molar-refractivity contribution is -0.174. The largest absolute Gasteiger partial charge is 0.393 e. The standard InChI is InChI=1S/C7H10F3N/c1-4-2-5(6(11)3-4)7(8,9)10/h5-6H,1-3,11H2/t5-,6+/m1/s1. The van der Waals surface area contributed by atoms with Crippen LogP contribution in [0.25, 0.3) is 0 Å². The maximum atomic E-state index is 12.1. The van der Waals surface area contributed by atoms with Gasteiger partial charge in [-0.2, -0.15) is 13.2 Å². The van der Waals surface area contributed by atoms with Crippen molar-refractivity contribution >= 4 is 0 Å². The van der Waals surface area contributed by atoms with E-state index in [1.165, 1.54) is 0 Å². The van der Waals surface area contributed by atoms with E-state index in [0.29, 0.717) is 12.0 Å². The molecule has 1 aliphatic rings. The number of hydrogen-bond acceptors (Lipinski definition) is 1. The quantitative estimate of drug-likeness (QED) is 0.544. The minimum Gasteiger partial charge on any atom is -0.327 e. The first-order valence-corrected chi connectivity index (χ1v) is 3.40. The van der Waals surface area contributed by atoms with Gasteiger partial charge in [0, 0.05) is 6.04 Å². The molecule has 1 nitrogen and oxygen atoms in total. The van der Waals surface area contributed by atoms with Gasteiger partial charge in [0.2, 0.25) is 0 Å². The van der Waals surface area contributed by atoms with Crippen LogP contribution in [0.15, 0.2) is 12.2 Å². The van der Waals surface area contributed by atoms with Gasteiger partial charge in [-0.3, -0.25) is 0 Å². The molecule has 0 bridgehead atoms. The van der Waals surface area contributed by atoms with Crippen LogP contribution >= 0.6 is 0 Å². The van der Waals surface area contributed by atoms with Crippen LogP contribution in [0, 0.1) is 5.92 Å². The second kappa shape index (κ2) is 2.52. The summed E-state index contributed by atoms with van der Waals surface area (Å²) in [5.74, 6) is -1.37. The van der Waals surface area contributed by atoms with Crippen molar-refractivity contribution < 1.29 is 13.2 Å². The molecule has 1 aliphatic carbocycles. The normalized spacial score (nSPS) is 32.9. The fourth-order valence-corrected chi connectivity index (χ4v) is 1.38. The van der Waals surface area contributed by atoms with Crippen molar-refractivity contribution in [3.8, 4) is 0 Å². The van der Waals surface area contributed by atoms with E-state index in [0.717, 1.165) is 0 Å². The van der Waals surface area contributed by atoms with Crippen LogP contribution in [-0.4, -0.2) is 12.2 Å². The second-order valence-electron chi connectivity index (χ2n) is 2.97. The number of halogens is 3. The van der Waals surface area contributed by atoms with Crippen molar-refractivity contribution in [1.29, 1.82) is 0 Å². The van der Waals surface area contributed by atoms with E-state index < -0.39 is 18.1 Å². The Morgan fingerprint density at radius 3 is 2.09 bits per heavy atom. The van der Waals surface area contributed by atoms with Crippen molar-refractivity contribution in [1.82, 2.24) is 0 Å². The van der Waals surface area contributed by atoms with Gasteiger partial charge < -0.3 is 5.73 Å². The predicted molar refractivity (Wildman–Crippen MR) is 35.9 cm³/mol. The van der Waals surface area contributed by atoms with Crippen LogP contribution in [0.1, 0.15) is 12.8 Å². The molecule has 11 heavy (non-hydrogen) atoms. The van der Waals surface area contributed by atoms with Gasteiger partial charge in [0.15, 0.2) is 0 Å². The molecule has 0 aromatic rings. The predicted octanol–water partition coefficient (Wildman–Crippen LogP) is 1.84. The highest BCUT2D eigenvalue weighted by molar-refractivity contribution is 5.09. The number of nitrogens with two attached hydrogens (primary N) is 1. The fraction of sp³-hybridized carbons (Fsp3) is 0.714. The Bertz CT molecular complexity index is 173. The highest BCUT2D eigenvalue weighted by Gasteiger charge is 2.46. The molecule has 0 aromatic carbocycles. The molecule has 0 radical (unpaired) electrons. The minimum absolute atomic E-state index is 0.00463. The molecule has 0 aromatic heterocycles. The molecule has 1 rings (SSSR count). The lowest BCUT2D eigenvalue weighted by Gasteiger charge is -2.17. The summed E-state index contributed by atoms with van der Waals surface area (Å²) in [5, 5.41) is 0. The zero-order valence-corrected chi connectivity index (χ0v) is 5.99. The van der Waals surface area contributed by atoms with E-state index in [2.05, 4.69) is 6.58 Å². The Morgan fingerprint density at radius 2 is 1.91 bits per heavy atom. The van der Waals surface area contributed by atoms with Gasteiger partial charge in [-0.05, 0) is 12.8 Å². The maximum Gasteiger partial charge on any atom is 0.393 e. The highest BCUT2D eigenvalue weighted by Crippen LogP contribution is 2.39. The highest BCUT2D eigenvalue weighted by atomic mass is 19.4. The van der Waals surface area contributed by atoms with Gasteiger partial charge in [-0.15, -0.1) is 0 Å². The number of rotatable bonds is 0. The van der Waals surface area contributed by atoms with Gasteiger partial charge >= 0.3 is 6.18 Å². The third-order valence-corrected chi connectivity index (χ3v) is 1.97. The van der Waals surface area contributed by atoms with E-state index in [1.54, 1.807) is 0 Å². The van der Waals surface area contributed by atoms with Crippen molar-refractivity contribution in [2.24, 2.45) is 11.7 Å². The first kappa shape index (κ1) is 8.59. The van der Waals surface area contributed by atoms with Crippen LogP contribution < -0.4 is 5.73 Å². The second-order valence-corrected chi connectivity index (χ2v) is 2.97. The van der Waals surface area contributed by atoms with Gasteiger partial charge in [0.1, 0.15) is 0 Å². The van der Waals surface area contributed by atoms with Crippen LogP contribution in [0.4, 0.5) is 13.2 Å². The summed E-state index contributed by atoms with van der Waals surface area (Å²) in [5.41, 5.74) is 5.89. The Labute approximate surface area is 63.1 Å². The van der Waals surface area contributed by atoms with Crippen LogP contribution in [0.2, 0.25) is 0 Å². The Morgan fingerprint density at radius 1 is 1.36 bits per heavy atom. The van der Waals surface area contributed by atoms with Crippen LogP contribution in [0.3, 0.4) is 0 Å². The van der Waals surface area contributed by atoms with Crippen molar-refractivity contribution in [2.45, 2.75) is 25.1 Å². The van der Waals surface area contributed by atoms with Crippen LogP contribution in [-0.2, 0) is 0 Å². The Kier molecular flexibility index (Phi) is 1.96. The lowest BCUT2D eigenvalue weighted by Crippen LogP contribution is -2.35. The van der Waals surface area contributed by atoms with E-state index in [1.807, 2.05) is 0 Å². The molecule has 0 saturated heterocycles. The average molecular weight is 165 g/mol. The molecule has 4 heteroatoms. The summed E-state index contributed by atoms with van der Waals surface area (Å²) in [4.78, 5) is 0. The van der Waals surface area contributed by atoms with Crippen molar-refractivity contribution in [2.75, 3.05) is 0 Å². The zero-order valence-electron chi connectivity index (χ0n) is 5.99. The Hall–Kier alpha value is -0.510. The molecule has 2 N–H and O–H groups in total. The summed E-state index contributed by atoms with van der Waals surface area (Å²) >= 11 is 0. The number of hydrogen-bond donors (Lipinski definition) is 1. The molecule has 2 atom stereocenters. The Balaban J connectivity index is 2.67. The molecular weight excluding hydrogens is 155 g/mol. The molecule has 0 heterocycles. The van der Waals surface area contributed by atoms with E-state index >= 15 is 0 Å². The summed E-state index contributed by atoms with van der Waals surface area (Å²) in [7, 11) is 0. The molecule has 64 valence electrons. The monoisotopic (exact) mass is 165 g/mol. The topological polar surface area (TPSA) is 26.0 Å². The summed E-state index contributed by atoms with van der Waals surface area (Å²) < 4.78 is 36.2. The van der Waals surface area contributed by atoms with Gasteiger partial charge in [-0.25, -0.2) is 0 Å². The fourth-order valence-electron chi connectivity index (χ4n) is 1.38. The SMILES string of the molecule is C=C1C[C@@H](C(F)(F)F)[C@@H](N)C1. The first-order valence-electron chi connectivity index (χ1n) is 3.40. The van der Waals surface area contributed by atoms with E-state index in [9.17, 15) is 13.2 Å². The van der Waals surface area contributed by atoms with Gasteiger partial charge in [0.25, 0.3) is 0 Å². The smallest absolute Gasteiger partial charge is 0.327 e. The average Bonchev–Trinajstić information content (AvgIpc) is 2.08. The van der Waals surface area contributed by atoms with Gasteiger partial charge in [-0.1, -0.05) is 12.2 Å². The molecular formula is C7H10F3N. The van der Waals surface area contributed by atoms with Crippen molar-refractivity contribution in [3.05, 3.63) is 12.2 Å². The van der Waals surface area contributed by atoms with Crippen molar-refractivity contribution in [3.63, 3.8) is 0 Å². The first-order chi connectivity index (χ1) is 4.91. The summed E-state index contributed by atoms with van der Waals surface area (Å²) in [6.07, 6.45) is -3.84. The zero-order chi connectivity index (χ0) is 8.65. The summed E-state index contributed by atoms with van der Waals surface area (Å²) in [6.45, 7) is 3.49. The molecule has 1 fully saturated rings. The van der Waals surface area contributed by atoms with E-state index in [-0.39, 0.29) is 6.42 Å². The number of alkyl halides is 3. The summed E-state index contributed by atoms with van der Waals surface area (Å²) in [6, 6.07) is -0.775. The lowest BCUT2D eigenvalue weighted by atomic mass is 10.0. The minimum atomic E-state index is -4.15. The third kappa shape index (κ3) is 1.74. The molecule has 0 aliphatic heterocycles. The molecule has 0 amide bonds. The maximum absolute atomic E-state index is 12.1. The third-order valence-electron chi connectivity index (χ3n) is 1.97. The van der Waals surface area contributed by atoms with E-state index in [4.69, 9.17) is 5.73 Å². The van der Waals surface area contributed by atoms with Crippen LogP contribution in [0.5, 0.6) is 0 Å².